The molecule has 0 heterocycles. The van der Waals surface area contributed by atoms with E-state index in [4.69, 9.17) is 9.84 Å². The van der Waals surface area contributed by atoms with E-state index in [9.17, 15) is 0 Å². The van der Waals surface area contributed by atoms with Crippen molar-refractivity contribution in [1.29, 1.82) is 0 Å². The molecule has 1 N–H and O–H groups in total. The minimum absolute atomic E-state index is 0.285. The molecule has 0 amide bonds. The molecule has 0 fully saturated rings. The molecule has 0 unspecified atom stereocenters. The third-order valence-corrected chi connectivity index (χ3v) is 3.45. The maximum absolute atomic E-state index is 8.75. The first kappa shape index (κ1) is 15.5. The van der Waals surface area contributed by atoms with Crippen LogP contribution in [-0.2, 0) is 6.42 Å². The molecule has 4 heteroatoms. The van der Waals surface area contributed by atoms with Crippen LogP contribution in [0, 0.1) is 0 Å². The van der Waals surface area contributed by atoms with E-state index >= 15 is 0 Å². The summed E-state index contributed by atoms with van der Waals surface area (Å²) in [6.45, 7) is 2.31. The molecule has 0 atom stereocenters. The predicted octanol–water partition coefficient (Wildman–Crippen LogP) is 2.70. The third kappa shape index (κ3) is 5.38. The van der Waals surface area contributed by atoms with Crippen molar-refractivity contribution in [3.05, 3.63) is 28.2 Å². The number of likely N-dealkylation sites (N-methyl/N-ethyl adjacent to an activating group) is 1. The summed E-state index contributed by atoms with van der Waals surface area (Å²) in [5.41, 5.74) is 1.22. The number of halogens is 1. The van der Waals surface area contributed by atoms with Crippen LogP contribution < -0.4 is 4.74 Å². The van der Waals surface area contributed by atoms with E-state index in [1.807, 2.05) is 12.1 Å². The van der Waals surface area contributed by atoms with Gasteiger partial charge >= 0.3 is 0 Å². The van der Waals surface area contributed by atoms with Crippen LogP contribution in [0.4, 0.5) is 0 Å². The summed E-state index contributed by atoms with van der Waals surface area (Å²) in [7, 11) is 3.82. The van der Waals surface area contributed by atoms with Crippen molar-refractivity contribution < 1.29 is 9.84 Å². The lowest BCUT2D eigenvalue weighted by atomic mass is 10.1. The Morgan fingerprint density at radius 2 is 2.06 bits per heavy atom. The molecule has 0 aromatic heterocycles. The van der Waals surface area contributed by atoms with Gasteiger partial charge in [0.2, 0.25) is 0 Å². The minimum Gasteiger partial charge on any atom is -0.496 e. The number of nitrogens with zero attached hydrogens (tertiary/aromatic N) is 1. The van der Waals surface area contributed by atoms with Crippen molar-refractivity contribution in [2.24, 2.45) is 0 Å². The summed E-state index contributed by atoms with van der Waals surface area (Å²) in [5.74, 6) is 0.946. The second-order valence-electron chi connectivity index (χ2n) is 4.44. The molecule has 0 radical (unpaired) electrons. The smallest absolute Gasteiger partial charge is 0.122 e. The Balaban J connectivity index is 2.44. The van der Waals surface area contributed by atoms with E-state index in [1.165, 1.54) is 5.56 Å². The SMILES string of the molecule is COc1ccc(Br)cc1CCN(C)CCCCO. The van der Waals surface area contributed by atoms with E-state index in [0.29, 0.717) is 0 Å². The zero-order chi connectivity index (χ0) is 13.4. The summed E-state index contributed by atoms with van der Waals surface area (Å²) >= 11 is 3.49. The van der Waals surface area contributed by atoms with Crippen molar-refractivity contribution in [3.63, 3.8) is 0 Å². The molecule has 3 nitrogen and oxygen atoms in total. The molecule has 0 aliphatic carbocycles. The lowest BCUT2D eigenvalue weighted by Gasteiger charge is -2.17. The highest BCUT2D eigenvalue weighted by molar-refractivity contribution is 9.10. The van der Waals surface area contributed by atoms with Gasteiger partial charge < -0.3 is 14.7 Å². The van der Waals surface area contributed by atoms with Gasteiger partial charge in [-0.15, -0.1) is 0 Å². The Hall–Kier alpha value is -0.580. The van der Waals surface area contributed by atoms with Crippen LogP contribution in [0.15, 0.2) is 22.7 Å². The van der Waals surface area contributed by atoms with Crippen LogP contribution in [0.3, 0.4) is 0 Å². The quantitative estimate of drug-likeness (QED) is 0.749. The lowest BCUT2D eigenvalue weighted by Crippen LogP contribution is -2.22. The van der Waals surface area contributed by atoms with Gasteiger partial charge in [-0.05, 0) is 56.6 Å². The molecule has 0 saturated carbocycles. The van der Waals surface area contributed by atoms with Gasteiger partial charge in [-0.2, -0.15) is 0 Å². The number of hydrogen-bond acceptors (Lipinski definition) is 3. The van der Waals surface area contributed by atoms with Gasteiger partial charge in [0.05, 0.1) is 7.11 Å². The maximum atomic E-state index is 8.75. The molecule has 1 rings (SSSR count). The normalized spacial score (nSPS) is 10.9. The number of ether oxygens (including phenoxy) is 1. The summed E-state index contributed by atoms with van der Waals surface area (Å²) in [5, 5.41) is 8.75. The number of benzene rings is 1. The molecule has 102 valence electrons. The Labute approximate surface area is 118 Å². The number of rotatable bonds is 8. The van der Waals surface area contributed by atoms with Gasteiger partial charge in [0, 0.05) is 17.6 Å². The topological polar surface area (TPSA) is 32.7 Å². The van der Waals surface area contributed by atoms with Gasteiger partial charge in [0.25, 0.3) is 0 Å². The second-order valence-corrected chi connectivity index (χ2v) is 5.36. The van der Waals surface area contributed by atoms with E-state index in [1.54, 1.807) is 7.11 Å². The van der Waals surface area contributed by atoms with E-state index < -0.39 is 0 Å². The van der Waals surface area contributed by atoms with Crippen LogP contribution in [0.5, 0.6) is 5.75 Å². The van der Waals surface area contributed by atoms with Crippen molar-refractivity contribution in [1.82, 2.24) is 4.90 Å². The summed E-state index contributed by atoms with van der Waals surface area (Å²) in [4.78, 5) is 2.29. The summed E-state index contributed by atoms with van der Waals surface area (Å²) in [6.07, 6.45) is 2.89. The average Bonchev–Trinajstić information content (AvgIpc) is 2.37. The molecule has 1 aromatic carbocycles. The van der Waals surface area contributed by atoms with Gasteiger partial charge in [0.15, 0.2) is 0 Å². The number of hydrogen-bond donors (Lipinski definition) is 1. The Kier molecular flexibility index (Phi) is 7.32. The first-order chi connectivity index (χ1) is 8.67. The highest BCUT2D eigenvalue weighted by Crippen LogP contribution is 2.23. The third-order valence-electron chi connectivity index (χ3n) is 2.95. The van der Waals surface area contributed by atoms with Crippen molar-refractivity contribution >= 4 is 15.9 Å². The van der Waals surface area contributed by atoms with Crippen LogP contribution in [0.2, 0.25) is 0 Å². The highest BCUT2D eigenvalue weighted by atomic mass is 79.9. The van der Waals surface area contributed by atoms with Gasteiger partial charge in [-0.25, -0.2) is 0 Å². The minimum atomic E-state index is 0.285. The fourth-order valence-electron chi connectivity index (χ4n) is 1.86. The van der Waals surface area contributed by atoms with E-state index in [0.717, 1.165) is 42.6 Å². The van der Waals surface area contributed by atoms with Gasteiger partial charge in [-0.1, -0.05) is 15.9 Å². The Morgan fingerprint density at radius 1 is 1.28 bits per heavy atom. The average molecular weight is 316 g/mol. The fourth-order valence-corrected chi connectivity index (χ4v) is 2.27. The summed E-state index contributed by atoms with van der Waals surface area (Å²) in [6, 6.07) is 6.10. The molecular weight excluding hydrogens is 294 g/mol. The number of unbranched alkanes of at least 4 members (excludes halogenated alkanes) is 1. The monoisotopic (exact) mass is 315 g/mol. The largest absolute Gasteiger partial charge is 0.496 e. The molecule has 1 aromatic rings. The number of aliphatic hydroxyl groups excluding tert-OH is 1. The van der Waals surface area contributed by atoms with E-state index in [2.05, 4.69) is 33.9 Å². The molecule has 0 aliphatic heterocycles. The number of methoxy groups -OCH3 is 1. The van der Waals surface area contributed by atoms with Crippen LogP contribution in [0.25, 0.3) is 0 Å². The zero-order valence-corrected chi connectivity index (χ0v) is 12.7. The molecule has 18 heavy (non-hydrogen) atoms. The molecule has 0 aliphatic rings. The van der Waals surface area contributed by atoms with Crippen LogP contribution in [0.1, 0.15) is 18.4 Å². The first-order valence-corrected chi connectivity index (χ1v) is 7.08. The number of aliphatic hydroxyl groups is 1. The lowest BCUT2D eigenvalue weighted by molar-refractivity contribution is 0.264. The van der Waals surface area contributed by atoms with Crippen LogP contribution in [-0.4, -0.2) is 43.9 Å². The predicted molar refractivity (Wildman–Crippen MR) is 78.2 cm³/mol. The van der Waals surface area contributed by atoms with E-state index in [-0.39, 0.29) is 6.61 Å². The Morgan fingerprint density at radius 3 is 2.72 bits per heavy atom. The molecule has 0 bridgehead atoms. The molecular formula is C14H22BrNO2. The first-order valence-electron chi connectivity index (χ1n) is 6.29. The van der Waals surface area contributed by atoms with Gasteiger partial charge in [0.1, 0.15) is 5.75 Å². The zero-order valence-electron chi connectivity index (χ0n) is 11.2. The van der Waals surface area contributed by atoms with Crippen molar-refractivity contribution in [3.8, 4) is 5.75 Å². The van der Waals surface area contributed by atoms with Crippen molar-refractivity contribution in [2.45, 2.75) is 19.3 Å². The molecule has 0 spiro atoms. The summed E-state index contributed by atoms with van der Waals surface area (Å²) < 4.78 is 6.44. The van der Waals surface area contributed by atoms with Crippen molar-refractivity contribution in [2.75, 3.05) is 33.9 Å². The molecule has 0 saturated heterocycles. The standard InChI is InChI=1S/C14H22BrNO2/c1-16(8-3-4-10-17)9-7-12-11-13(15)5-6-14(12)18-2/h5-6,11,17H,3-4,7-10H2,1-2H3. The van der Waals surface area contributed by atoms with Crippen LogP contribution >= 0.6 is 15.9 Å². The maximum Gasteiger partial charge on any atom is 0.122 e. The fraction of sp³-hybridized carbons (Fsp3) is 0.571. The highest BCUT2D eigenvalue weighted by Gasteiger charge is 2.05. The Bertz CT molecular complexity index is 358. The second kappa shape index (κ2) is 8.51. The van der Waals surface area contributed by atoms with Gasteiger partial charge in [-0.3, -0.25) is 0 Å².